The largest absolute Gasteiger partial charge is 0.493 e. The molecule has 0 radical (unpaired) electrons. The van der Waals surface area contributed by atoms with Crippen LogP contribution in [0.25, 0.3) is 6.08 Å². The molecule has 0 aliphatic carbocycles. The average molecular weight is 363 g/mol. The predicted molar refractivity (Wildman–Crippen MR) is 97.3 cm³/mol. The minimum Gasteiger partial charge on any atom is -0.493 e. The van der Waals surface area contributed by atoms with Crippen LogP contribution in [0, 0.1) is 0 Å². The van der Waals surface area contributed by atoms with Crippen LogP contribution in [0.4, 0.5) is 0 Å². The summed E-state index contributed by atoms with van der Waals surface area (Å²) in [6.07, 6.45) is 3.23. The van der Waals surface area contributed by atoms with E-state index in [-0.39, 0.29) is 18.4 Å². The van der Waals surface area contributed by atoms with Crippen LogP contribution in [-0.2, 0) is 9.59 Å². The minimum absolute atomic E-state index is 0.0857. The summed E-state index contributed by atoms with van der Waals surface area (Å²) < 4.78 is 15.9. The summed E-state index contributed by atoms with van der Waals surface area (Å²) in [6, 6.07) is 3.55. The Morgan fingerprint density at radius 1 is 1.04 bits per heavy atom. The van der Waals surface area contributed by atoms with Crippen molar-refractivity contribution in [3.05, 3.63) is 23.8 Å². The Hall–Kier alpha value is -2.74. The van der Waals surface area contributed by atoms with Gasteiger partial charge in [-0.25, -0.2) is 0 Å². The highest BCUT2D eigenvalue weighted by atomic mass is 16.5. The van der Waals surface area contributed by atoms with E-state index in [1.807, 2.05) is 4.90 Å². The van der Waals surface area contributed by atoms with Crippen LogP contribution in [0.5, 0.6) is 17.2 Å². The fourth-order valence-electron chi connectivity index (χ4n) is 2.82. The number of ether oxygens (including phenoxy) is 3. The number of amides is 2. The SMILES string of the molecule is COc1cc(/C=C/C(=O)N2CCN(CC(N)=O)CC2)cc(OC)c1OC. The van der Waals surface area contributed by atoms with Crippen molar-refractivity contribution in [2.24, 2.45) is 5.73 Å². The maximum atomic E-state index is 12.4. The molecular weight excluding hydrogens is 338 g/mol. The molecule has 1 aliphatic rings. The van der Waals surface area contributed by atoms with Gasteiger partial charge in [0.25, 0.3) is 0 Å². The van der Waals surface area contributed by atoms with Crippen molar-refractivity contribution in [2.75, 3.05) is 54.1 Å². The Kier molecular flexibility index (Phi) is 6.85. The molecule has 8 nitrogen and oxygen atoms in total. The van der Waals surface area contributed by atoms with Gasteiger partial charge in [-0.05, 0) is 23.8 Å². The topological polar surface area (TPSA) is 94.3 Å². The molecule has 0 atom stereocenters. The van der Waals surface area contributed by atoms with E-state index in [1.165, 1.54) is 13.2 Å². The highest BCUT2D eigenvalue weighted by Gasteiger charge is 2.20. The lowest BCUT2D eigenvalue weighted by Gasteiger charge is -2.33. The Labute approximate surface area is 153 Å². The highest BCUT2D eigenvalue weighted by molar-refractivity contribution is 5.92. The molecule has 0 unspecified atom stereocenters. The first-order chi connectivity index (χ1) is 12.5. The van der Waals surface area contributed by atoms with E-state index in [2.05, 4.69) is 0 Å². The van der Waals surface area contributed by atoms with Crippen molar-refractivity contribution < 1.29 is 23.8 Å². The van der Waals surface area contributed by atoms with E-state index < -0.39 is 0 Å². The lowest BCUT2D eigenvalue weighted by molar-refractivity contribution is -0.128. The predicted octanol–water partition coefficient (Wildman–Crippen LogP) is 0.355. The van der Waals surface area contributed by atoms with Gasteiger partial charge in [-0.1, -0.05) is 0 Å². The van der Waals surface area contributed by atoms with E-state index in [9.17, 15) is 9.59 Å². The van der Waals surface area contributed by atoms with Crippen LogP contribution < -0.4 is 19.9 Å². The maximum absolute atomic E-state index is 12.4. The van der Waals surface area contributed by atoms with Crippen LogP contribution in [0.2, 0.25) is 0 Å². The Morgan fingerprint density at radius 3 is 2.08 bits per heavy atom. The molecule has 0 bridgehead atoms. The fourth-order valence-corrected chi connectivity index (χ4v) is 2.82. The second-order valence-corrected chi connectivity index (χ2v) is 5.86. The summed E-state index contributed by atoms with van der Waals surface area (Å²) >= 11 is 0. The number of nitrogens with zero attached hydrogens (tertiary/aromatic N) is 2. The molecule has 1 aromatic carbocycles. The van der Waals surface area contributed by atoms with Crippen molar-refractivity contribution in [1.82, 2.24) is 9.80 Å². The molecule has 1 saturated heterocycles. The third-order valence-corrected chi connectivity index (χ3v) is 4.17. The molecule has 0 aromatic heterocycles. The lowest BCUT2D eigenvalue weighted by Crippen LogP contribution is -2.50. The molecule has 1 aromatic rings. The molecule has 0 spiro atoms. The Bertz CT molecular complexity index is 656. The Morgan fingerprint density at radius 2 is 1.62 bits per heavy atom. The monoisotopic (exact) mass is 363 g/mol. The quantitative estimate of drug-likeness (QED) is 0.703. The molecule has 26 heavy (non-hydrogen) atoms. The van der Waals surface area contributed by atoms with Gasteiger partial charge in [-0.2, -0.15) is 0 Å². The van der Waals surface area contributed by atoms with Gasteiger partial charge in [0, 0.05) is 32.3 Å². The van der Waals surface area contributed by atoms with Crippen molar-refractivity contribution in [2.45, 2.75) is 0 Å². The summed E-state index contributed by atoms with van der Waals surface area (Å²) in [6.45, 7) is 2.61. The number of piperazine rings is 1. The van der Waals surface area contributed by atoms with Crippen LogP contribution >= 0.6 is 0 Å². The molecule has 2 rings (SSSR count). The van der Waals surface area contributed by atoms with Gasteiger partial charge in [0.2, 0.25) is 17.6 Å². The average Bonchev–Trinajstić information content (AvgIpc) is 2.65. The van der Waals surface area contributed by atoms with Gasteiger partial charge >= 0.3 is 0 Å². The van der Waals surface area contributed by atoms with Crippen molar-refractivity contribution in [3.63, 3.8) is 0 Å². The van der Waals surface area contributed by atoms with E-state index in [1.54, 1.807) is 37.3 Å². The number of methoxy groups -OCH3 is 3. The van der Waals surface area contributed by atoms with Gasteiger partial charge in [0.1, 0.15) is 0 Å². The number of rotatable bonds is 7. The summed E-state index contributed by atoms with van der Waals surface area (Å²) in [5.41, 5.74) is 5.96. The zero-order valence-electron chi connectivity index (χ0n) is 15.4. The molecule has 1 aliphatic heterocycles. The first-order valence-corrected chi connectivity index (χ1v) is 8.26. The van der Waals surface area contributed by atoms with Crippen molar-refractivity contribution in [3.8, 4) is 17.2 Å². The molecular formula is C18H25N3O5. The van der Waals surface area contributed by atoms with Crippen LogP contribution in [0.1, 0.15) is 5.56 Å². The molecule has 1 heterocycles. The summed E-state index contributed by atoms with van der Waals surface area (Å²) in [5.74, 6) is 1.12. The number of carbonyl (C=O) groups is 2. The first kappa shape index (κ1) is 19.6. The highest BCUT2D eigenvalue weighted by Crippen LogP contribution is 2.38. The van der Waals surface area contributed by atoms with Crippen LogP contribution in [0.3, 0.4) is 0 Å². The van der Waals surface area contributed by atoms with Gasteiger partial charge in [-0.15, -0.1) is 0 Å². The van der Waals surface area contributed by atoms with Gasteiger partial charge in [-0.3, -0.25) is 14.5 Å². The zero-order chi connectivity index (χ0) is 19.1. The van der Waals surface area contributed by atoms with Crippen LogP contribution in [-0.4, -0.2) is 75.7 Å². The second-order valence-electron chi connectivity index (χ2n) is 5.86. The maximum Gasteiger partial charge on any atom is 0.246 e. The number of benzene rings is 1. The molecule has 0 saturated carbocycles. The summed E-state index contributed by atoms with van der Waals surface area (Å²) in [5, 5.41) is 0. The summed E-state index contributed by atoms with van der Waals surface area (Å²) in [7, 11) is 4.63. The standard InChI is InChI=1S/C18H25N3O5/c1-24-14-10-13(11-15(25-2)18(14)26-3)4-5-17(23)21-8-6-20(7-9-21)12-16(19)22/h4-5,10-11H,6-9,12H2,1-3H3,(H2,19,22)/b5-4+. The van der Waals surface area contributed by atoms with E-state index in [0.717, 1.165) is 5.56 Å². The van der Waals surface area contributed by atoms with Crippen molar-refractivity contribution >= 4 is 17.9 Å². The normalized spacial score (nSPS) is 15.1. The van der Waals surface area contributed by atoms with E-state index >= 15 is 0 Å². The first-order valence-electron chi connectivity index (χ1n) is 8.26. The third kappa shape index (κ3) is 4.89. The summed E-state index contributed by atoms with van der Waals surface area (Å²) in [4.78, 5) is 27.0. The van der Waals surface area contributed by atoms with Crippen LogP contribution in [0.15, 0.2) is 18.2 Å². The number of hydrogen-bond acceptors (Lipinski definition) is 6. The van der Waals surface area contributed by atoms with Gasteiger partial charge < -0.3 is 24.8 Å². The molecule has 1 fully saturated rings. The molecule has 8 heteroatoms. The van der Waals surface area contributed by atoms with Crippen molar-refractivity contribution in [1.29, 1.82) is 0 Å². The van der Waals surface area contributed by atoms with Gasteiger partial charge in [0.05, 0.1) is 27.9 Å². The number of hydrogen-bond donors (Lipinski definition) is 1. The van der Waals surface area contributed by atoms with E-state index in [4.69, 9.17) is 19.9 Å². The smallest absolute Gasteiger partial charge is 0.246 e. The minimum atomic E-state index is -0.355. The zero-order valence-corrected chi connectivity index (χ0v) is 15.4. The van der Waals surface area contributed by atoms with E-state index in [0.29, 0.717) is 43.4 Å². The lowest BCUT2D eigenvalue weighted by atomic mass is 10.1. The molecule has 142 valence electrons. The third-order valence-electron chi connectivity index (χ3n) is 4.17. The fraction of sp³-hybridized carbons (Fsp3) is 0.444. The Balaban J connectivity index is 2.03. The molecule has 2 N–H and O–H groups in total. The second kappa shape index (κ2) is 9.10. The number of primary amides is 1. The van der Waals surface area contributed by atoms with Gasteiger partial charge in [0.15, 0.2) is 11.5 Å². The number of nitrogens with two attached hydrogens (primary N) is 1. The molecule has 2 amide bonds. The number of carbonyl (C=O) groups excluding carboxylic acids is 2.